The summed E-state index contributed by atoms with van der Waals surface area (Å²) in [6.07, 6.45) is 2.12. The molecule has 1 aromatic rings. The smallest absolute Gasteiger partial charge is 0.176 e. The zero-order valence-corrected chi connectivity index (χ0v) is 12.5. The van der Waals surface area contributed by atoms with E-state index in [9.17, 15) is 4.79 Å². The Morgan fingerprint density at radius 3 is 2.45 bits per heavy atom. The Labute approximate surface area is 121 Å². The number of ether oxygens (including phenoxy) is 1. The van der Waals surface area contributed by atoms with Gasteiger partial charge >= 0.3 is 0 Å². The lowest BCUT2D eigenvalue weighted by molar-refractivity contribution is 0.0913. The summed E-state index contributed by atoms with van der Waals surface area (Å²) in [5.74, 6) is 0.861. The van der Waals surface area contributed by atoms with Gasteiger partial charge in [0.05, 0.1) is 19.8 Å². The lowest BCUT2D eigenvalue weighted by Crippen LogP contribution is -2.33. The Bertz CT molecular complexity index is 389. The first-order valence-electron chi connectivity index (χ1n) is 7.30. The number of carbonyl (C=O) groups is 1. The molecule has 0 aliphatic heterocycles. The van der Waals surface area contributed by atoms with Crippen molar-refractivity contribution in [3.05, 3.63) is 29.8 Å². The van der Waals surface area contributed by atoms with E-state index in [1.165, 1.54) is 0 Å². The largest absolute Gasteiger partial charge is 0.494 e. The number of Topliss-reactive ketones (excluding diaryl/α,β-unsaturated/α-hetero) is 1. The van der Waals surface area contributed by atoms with Gasteiger partial charge in [-0.25, -0.2) is 0 Å². The molecule has 0 fully saturated rings. The van der Waals surface area contributed by atoms with Gasteiger partial charge in [0, 0.05) is 12.1 Å². The predicted octanol–water partition coefficient (Wildman–Crippen LogP) is 2.36. The monoisotopic (exact) mass is 279 g/mol. The van der Waals surface area contributed by atoms with Crippen LogP contribution in [-0.4, -0.2) is 48.6 Å². The molecule has 20 heavy (non-hydrogen) atoms. The molecule has 0 aliphatic rings. The molecule has 0 heterocycles. The number of rotatable bonds is 10. The maximum absolute atomic E-state index is 12.2. The third-order valence-electron chi connectivity index (χ3n) is 3.10. The van der Waals surface area contributed by atoms with Crippen LogP contribution in [0.5, 0.6) is 5.75 Å². The fourth-order valence-electron chi connectivity index (χ4n) is 1.99. The van der Waals surface area contributed by atoms with Crippen LogP contribution in [-0.2, 0) is 0 Å². The second-order valence-corrected chi connectivity index (χ2v) is 4.73. The van der Waals surface area contributed by atoms with Crippen LogP contribution in [0.2, 0.25) is 0 Å². The van der Waals surface area contributed by atoms with Crippen molar-refractivity contribution in [3.8, 4) is 5.75 Å². The summed E-state index contributed by atoms with van der Waals surface area (Å²) in [4.78, 5) is 14.2. The van der Waals surface area contributed by atoms with Crippen LogP contribution in [0.3, 0.4) is 0 Å². The molecule has 0 amide bonds. The lowest BCUT2D eigenvalue weighted by atomic mass is 10.1. The predicted molar refractivity (Wildman–Crippen MR) is 80.4 cm³/mol. The van der Waals surface area contributed by atoms with E-state index < -0.39 is 0 Å². The summed E-state index contributed by atoms with van der Waals surface area (Å²) < 4.78 is 5.36. The molecule has 0 radical (unpaired) electrons. The maximum Gasteiger partial charge on any atom is 0.176 e. The zero-order chi connectivity index (χ0) is 14.8. The number of hydrogen-bond acceptors (Lipinski definition) is 4. The molecule has 0 saturated carbocycles. The minimum absolute atomic E-state index is 0.0811. The number of nitrogens with zero attached hydrogens (tertiary/aromatic N) is 1. The van der Waals surface area contributed by atoms with Gasteiger partial charge in [0.1, 0.15) is 5.75 Å². The number of ketones is 1. The van der Waals surface area contributed by atoms with E-state index in [1.54, 1.807) is 12.1 Å². The van der Waals surface area contributed by atoms with E-state index in [0.717, 1.165) is 25.1 Å². The number of carbonyl (C=O) groups excluding carboxylic acids is 1. The summed E-state index contributed by atoms with van der Waals surface area (Å²) in [6.45, 7) is 6.50. The molecular weight excluding hydrogens is 254 g/mol. The molecule has 1 rings (SSSR count). The average molecular weight is 279 g/mol. The van der Waals surface area contributed by atoms with Crippen molar-refractivity contribution >= 4 is 5.78 Å². The molecule has 1 N–H and O–H groups in total. The molecule has 0 spiro atoms. The molecule has 0 aliphatic carbocycles. The Morgan fingerprint density at radius 1 is 1.20 bits per heavy atom. The van der Waals surface area contributed by atoms with Crippen molar-refractivity contribution in [2.45, 2.75) is 26.7 Å². The standard InChI is InChI=1S/C16H25NO3/c1-3-5-10-17(11-12-18)13-16(19)14-6-8-15(9-7-14)20-4-2/h6-9,18H,3-5,10-13H2,1-2H3. The van der Waals surface area contributed by atoms with Crippen LogP contribution in [0.1, 0.15) is 37.0 Å². The molecule has 4 nitrogen and oxygen atoms in total. The Hall–Kier alpha value is -1.39. The highest BCUT2D eigenvalue weighted by Gasteiger charge is 2.12. The van der Waals surface area contributed by atoms with Gasteiger partial charge in [-0.3, -0.25) is 9.69 Å². The van der Waals surface area contributed by atoms with Crippen molar-refractivity contribution in [3.63, 3.8) is 0 Å². The minimum atomic E-state index is 0.0811. The third kappa shape index (κ3) is 5.72. The molecule has 0 unspecified atom stereocenters. The number of aliphatic hydroxyl groups is 1. The summed E-state index contributed by atoms with van der Waals surface area (Å²) in [6, 6.07) is 7.23. The Balaban J connectivity index is 2.58. The van der Waals surface area contributed by atoms with Gasteiger partial charge in [-0.05, 0) is 44.2 Å². The van der Waals surface area contributed by atoms with Crippen LogP contribution in [0.4, 0.5) is 0 Å². The topological polar surface area (TPSA) is 49.8 Å². The Kier molecular flexibility index (Phi) is 7.92. The van der Waals surface area contributed by atoms with Crippen LogP contribution < -0.4 is 4.74 Å². The van der Waals surface area contributed by atoms with Crippen molar-refractivity contribution in [1.82, 2.24) is 4.90 Å². The highest BCUT2D eigenvalue weighted by Crippen LogP contribution is 2.13. The molecule has 0 bridgehead atoms. The first-order chi connectivity index (χ1) is 9.71. The molecule has 4 heteroatoms. The van der Waals surface area contributed by atoms with Gasteiger partial charge < -0.3 is 9.84 Å². The third-order valence-corrected chi connectivity index (χ3v) is 3.10. The summed E-state index contributed by atoms with van der Waals surface area (Å²) in [7, 11) is 0. The van der Waals surface area contributed by atoms with Gasteiger partial charge in [-0.1, -0.05) is 13.3 Å². The molecule has 0 aromatic heterocycles. The van der Waals surface area contributed by atoms with Crippen LogP contribution >= 0.6 is 0 Å². The van der Waals surface area contributed by atoms with Gasteiger partial charge in [-0.15, -0.1) is 0 Å². The summed E-state index contributed by atoms with van der Waals surface area (Å²) in [5, 5.41) is 9.05. The van der Waals surface area contributed by atoms with Crippen molar-refractivity contribution in [2.75, 3.05) is 32.8 Å². The van der Waals surface area contributed by atoms with Crippen LogP contribution in [0.15, 0.2) is 24.3 Å². The number of aliphatic hydroxyl groups excluding tert-OH is 1. The van der Waals surface area contributed by atoms with Crippen molar-refractivity contribution < 1.29 is 14.6 Å². The van der Waals surface area contributed by atoms with E-state index >= 15 is 0 Å². The second-order valence-electron chi connectivity index (χ2n) is 4.73. The first-order valence-corrected chi connectivity index (χ1v) is 7.30. The van der Waals surface area contributed by atoms with Crippen molar-refractivity contribution in [1.29, 1.82) is 0 Å². The highest BCUT2D eigenvalue weighted by molar-refractivity contribution is 5.97. The molecular formula is C16H25NO3. The normalized spacial score (nSPS) is 10.8. The van der Waals surface area contributed by atoms with E-state index in [1.807, 2.05) is 24.0 Å². The fourth-order valence-corrected chi connectivity index (χ4v) is 1.99. The zero-order valence-electron chi connectivity index (χ0n) is 12.5. The van der Waals surface area contributed by atoms with Gasteiger partial charge in [0.15, 0.2) is 5.78 Å². The number of benzene rings is 1. The Morgan fingerprint density at radius 2 is 1.90 bits per heavy atom. The van der Waals surface area contributed by atoms with Gasteiger partial charge in [0.2, 0.25) is 0 Å². The fraction of sp³-hybridized carbons (Fsp3) is 0.562. The van der Waals surface area contributed by atoms with E-state index in [-0.39, 0.29) is 12.4 Å². The summed E-state index contributed by atoms with van der Waals surface area (Å²) in [5.41, 5.74) is 0.688. The van der Waals surface area contributed by atoms with Gasteiger partial charge in [0.25, 0.3) is 0 Å². The van der Waals surface area contributed by atoms with E-state index in [4.69, 9.17) is 9.84 Å². The first kappa shape index (κ1) is 16.7. The molecule has 1 aromatic carbocycles. The SMILES string of the molecule is CCCCN(CCO)CC(=O)c1ccc(OCC)cc1. The van der Waals surface area contributed by atoms with Crippen LogP contribution in [0, 0.1) is 0 Å². The maximum atomic E-state index is 12.2. The quantitative estimate of drug-likeness (QED) is 0.668. The molecule has 0 atom stereocenters. The second kappa shape index (κ2) is 9.50. The van der Waals surface area contributed by atoms with Crippen LogP contribution in [0.25, 0.3) is 0 Å². The average Bonchev–Trinajstić information content (AvgIpc) is 2.46. The molecule has 112 valence electrons. The number of hydrogen-bond donors (Lipinski definition) is 1. The number of unbranched alkanes of at least 4 members (excludes halogenated alkanes) is 1. The highest BCUT2D eigenvalue weighted by atomic mass is 16.5. The van der Waals surface area contributed by atoms with Gasteiger partial charge in [-0.2, -0.15) is 0 Å². The summed E-state index contributed by atoms with van der Waals surface area (Å²) >= 11 is 0. The molecule has 0 saturated heterocycles. The van der Waals surface area contributed by atoms with E-state index in [0.29, 0.717) is 25.3 Å². The van der Waals surface area contributed by atoms with E-state index in [2.05, 4.69) is 6.92 Å². The minimum Gasteiger partial charge on any atom is -0.494 e. The lowest BCUT2D eigenvalue weighted by Gasteiger charge is -2.20. The van der Waals surface area contributed by atoms with Crippen molar-refractivity contribution in [2.24, 2.45) is 0 Å².